The lowest BCUT2D eigenvalue weighted by molar-refractivity contribution is -0.0372. The van der Waals surface area contributed by atoms with Gasteiger partial charge in [0.1, 0.15) is 0 Å². The molecule has 1 aromatic heterocycles. The summed E-state index contributed by atoms with van der Waals surface area (Å²) >= 11 is 0. The quantitative estimate of drug-likeness (QED) is 0.841. The fourth-order valence-electron chi connectivity index (χ4n) is 3.55. The Morgan fingerprint density at radius 1 is 1.20 bits per heavy atom. The van der Waals surface area contributed by atoms with Crippen LogP contribution in [0.25, 0.3) is 0 Å². The molecule has 5 nitrogen and oxygen atoms in total. The van der Waals surface area contributed by atoms with Crippen molar-refractivity contribution >= 4 is 5.95 Å². The number of anilines is 1. The minimum absolute atomic E-state index is 0.448. The number of nitrogens with zero attached hydrogens (tertiary/aromatic N) is 3. The average molecular weight is 277 g/mol. The zero-order valence-corrected chi connectivity index (χ0v) is 12.2. The third kappa shape index (κ3) is 2.40. The highest BCUT2D eigenvalue weighted by Gasteiger charge is 2.41. The van der Waals surface area contributed by atoms with Crippen LogP contribution in [0, 0.1) is 18.8 Å². The zero-order chi connectivity index (χ0) is 14.3. The average Bonchev–Trinajstić information content (AvgIpc) is 2.82. The Balaban J connectivity index is 1.77. The van der Waals surface area contributed by atoms with Gasteiger partial charge in [-0.15, -0.1) is 0 Å². The van der Waals surface area contributed by atoms with Gasteiger partial charge in [-0.3, -0.25) is 0 Å². The van der Waals surface area contributed by atoms with E-state index in [9.17, 15) is 10.2 Å². The molecule has 2 N–H and O–H groups in total. The van der Waals surface area contributed by atoms with E-state index in [1.54, 1.807) is 0 Å². The number of hydrogen-bond donors (Lipinski definition) is 2. The number of aliphatic hydroxyl groups is 2. The van der Waals surface area contributed by atoms with Crippen LogP contribution in [-0.4, -0.2) is 45.5 Å². The predicted molar refractivity (Wildman–Crippen MR) is 76.6 cm³/mol. The van der Waals surface area contributed by atoms with Gasteiger partial charge in [-0.25, -0.2) is 9.97 Å². The van der Waals surface area contributed by atoms with Gasteiger partial charge in [-0.2, -0.15) is 0 Å². The number of aromatic nitrogens is 2. The molecular weight excluding hydrogens is 254 g/mol. The van der Waals surface area contributed by atoms with E-state index < -0.39 is 12.2 Å². The van der Waals surface area contributed by atoms with Crippen molar-refractivity contribution in [1.29, 1.82) is 0 Å². The molecule has 3 rings (SSSR count). The Morgan fingerprint density at radius 2 is 1.80 bits per heavy atom. The van der Waals surface area contributed by atoms with Crippen molar-refractivity contribution in [2.45, 2.75) is 45.3 Å². The minimum atomic E-state index is -0.568. The smallest absolute Gasteiger partial charge is 0.225 e. The lowest BCUT2D eigenvalue weighted by Gasteiger charge is -2.31. The first kappa shape index (κ1) is 13.8. The number of aliphatic hydroxyl groups excluding tert-OH is 2. The zero-order valence-electron chi connectivity index (χ0n) is 12.2. The van der Waals surface area contributed by atoms with Crippen molar-refractivity contribution < 1.29 is 10.2 Å². The van der Waals surface area contributed by atoms with E-state index in [1.807, 2.05) is 13.1 Å². The van der Waals surface area contributed by atoms with Gasteiger partial charge >= 0.3 is 0 Å². The standard InChI is InChI=1S/C15H23N3O2/c1-3-12-9(2)6-16-15(17-12)18-7-10-4-13(19)14(20)5-11(10)8-18/h6,10-11,13-14,19-20H,3-5,7-8H2,1-2H3/t10-,11+,13-,14-/m0/s1. The summed E-state index contributed by atoms with van der Waals surface area (Å²) in [4.78, 5) is 11.3. The molecule has 1 aliphatic carbocycles. The molecule has 0 unspecified atom stereocenters. The van der Waals surface area contributed by atoms with E-state index in [0.717, 1.165) is 36.7 Å². The van der Waals surface area contributed by atoms with Crippen molar-refractivity contribution in [3.8, 4) is 0 Å². The largest absolute Gasteiger partial charge is 0.390 e. The van der Waals surface area contributed by atoms with Crippen LogP contribution in [0.4, 0.5) is 5.95 Å². The molecule has 2 aliphatic rings. The second kappa shape index (κ2) is 5.30. The van der Waals surface area contributed by atoms with Crippen LogP contribution in [0.15, 0.2) is 6.20 Å². The third-order valence-electron chi connectivity index (χ3n) is 4.79. The summed E-state index contributed by atoms with van der Waals surface area (Å²) in [5, 5.41) is 19.6. The molecular formula is C15H23N3O2. The number of hydrogen-bond acceptors (Lipinski definition) is 5. The number of aryl methyl sites for hydroxylation is 2. The molecule has 5 heteroatoms. The van der Waals surface area contributed by atoms with Gasteiger partial charge in [-0.05, 0) is 43.6 Å². The molecule has 20 heavy (non-hydrogen) atoms. The van der Waals surface area contributed by atoms with Crippen LogP contribution in [0.2, 0.25) is 0 Å². The first-order valence-electron chi connectivity index (χ1n) is 7.52. The second-order valence-corrected chi connectivity index (χ2v) is 6.18. The maximum atomic E-state index is 9.80. The van der Waals surface area contributed by atoms with Crippen molar-refractivity contribution in [3.63, 3.8) is 0 Å². The van der Waals surface area contributed by atoms with Crippen molar-refractivity contribution in [1.82, 2.24) is 9.97 Å². The van der Waals surface area contributed by atoms with Crippen LogP contribution in [0.3, 0.4) is 0 Å². The summed E-state index contributed by atoms with van der Waals surface area (Å²) < 4.78 is 0. The maximum absolute atomic E-state index is 9.80. The Bertz CT molecular complexity index is 476. The topological polar surface area (TPSA) is 69.5 Å². The molecule has 4 atom stereocenters. The van der Waals surface area contributed by atoms with E-state index in [4.69, 9.17) is 0 Å². The molecule has 1 aromatic rings. The van der Waals surface area contributed by atoms with Gasteiger partial charge < -0.3 is 15.1 Å². The van der Waals surface area contributed by atoms with E-state index in [0.29, 0.717) is 24.7 Å². The molecule has 0 radical (unpaired) electrons. The molecule has 1 saturated heterocycles. The summed E-state index contributed by atoms with van der Waals surface area (Å²) in [6.45, 7) is 5.93. The van der Waals surface area contributed by atoms with Crippen LogP contribution >= 0.6 is 0 Å². The van der Waals surface area contributed by atoms with E-state index in [2.05, 4.69) is 21.8 Å². The molecule has 110 valence electrons. The predicted octanol–water partition coefficient (Wildman–Crippen LogP) is 0.915. The van der Waals surface area contributed by atoms with E-state index in [1.165, 1.54) is 0 Å². The molecule has 1 aliphatic heterocycles. The van der Waals surface area contributed by atoms with Gasteiger partial charge in [-0.1, -0.05) is 6.92 Å². The molecule has 2 fully saturated rings. The van der Waals surface area contributed by atoms with Gasteiger partial charge in [0.15, 0.2) is 0 Å². The SMILES string of the molecule is CCc1nc(N2C[C@H]3C[C@H](O)[C@@H](O)C[C@H]3C2)ncc1C. The summed E-state index contributed by atoms with van der Waals surface area (Å²) in [7, 11) is 0. The van der Waals surface area contributed by atoms with Crippen LogP contribution in [0.5, 0.6) is 0 Å². The van der Waals surface area contributed by atoms with Crippen LogP contribution in [-0.2, 0) is 6.42 Å². The van der Waals surface area contributed by atoms with Crippen molar-refractivity contribution in [2.75, 3.05) is 18.0 Å². The Hall–Kier alpha value is -1.20. The number of fused-ring (bicyclic) bond motifs is 1. The monoisotopic (exact) mass is 277 g/mol. The summed E-state index contributed by atoms with van der Waals surface area (Å²) in [6.07, 6.45) is 3.05. The van der Waals surface area contributed by atoms with Crippen LogP contribution < -0.4 is 4.90 Å². The fourth-order valence-corrected chi connectivity index (χ4v) is 3.55. The highest BCUT2D eigenvalue weighted by atomic mass is 16.3. The number of rotatable bonds is 2. The van der Waals surface area contributed by atoms with Gasteiger partial charge in [0, 0.05) is 25.0 Å². The Kier molecular flexibility index (Phi) is 3.65. The van der Waals surface area contributed by atoms with Crippen molar-refractivity contribution in [2.24, 2.45) is 11.8 Å². The molecule has 2 heterocycles. The molecule has 0 spiro atoms. The third-order valence-corrected chi connectivity index (χ3v) is 4.79. The summed E-state index contributed by atoms with van der Waals surface area (Å²) in [6, 6.07) is 0. The van der Waals surface area contributed by atoms with Gasteiger partial charge in [0.25, 0.3) is 0 Å². The van der Waals surface area contributed by atoms with Crippen molar-refractivity contribution in [3.05, 3.63) is 17.5 Å². The highest BCUT2D eigenvalue weighted by Crippen LogP contribution is 2.37. The summed E-state index contributed by atoms with van der Waals surface area (Å²) in [5.41, 5.74) is 2.24. The molecule has 1 saturated carbocycles. The first-order chi connectivity index (χ1) is 9.58. The molecule has 0 amide bonds. The first-order valence-corrected chi connectivity index (χ1v) is 7.52. The normalized spacial score (nSPS) is 33.3. The van der Waals surface area contributed by atoms with E-state index >= 15 is 0 Å². The Labute approximate surface area is 119 Å². The van der Waals surface area contributed by atoms with E-state index in [-0.39, 0.29) is 0 Å². The molecule has 0 bridgehead atoms. The summed E-state index contributed by atoms with van der Waals surface area (Å²) in [5.74, 6) is 1.69. The maximum Gasteiger partial charge on any atom is 0.225 e. The molecule has 0 aromatic carbocycles. The minimum Gasteiger partial charge on any atom is -0.390 e. The second-order valence-electron chi connectivity index (χ2n) is 6.18. The van der Waals surface area contributed by atoms with Gasteiger partial charge in [0.05, 0.1) is 12.2 Å². The van der Waals surface area contributed by atoms with Gasteiger partial charge in [0.2, 0.25) is 5.95 Å². The Morgan fingerprint density at radius 3 is 2.35 bits per heavy atom. The lowest BCUT2D eigenvalue weighted by atomic mass is 9.79. The lowest BCUT2D eigenvalue weighted by Crippen LogP contribution is -2.38. The highest BCUT2D eigenvalue weighted by molar-refractivity contribution is 5.35. The fraction of sp³-hybridized carbons (Fsp3) is 0.733. The van der Waals surface area contributed by atoms with Crippen LogP contribution in [0.1, 0.15) is 31.0 Å².